The first-order chi connectivity index (χ1) is 7.62. The van der Waals surface area contributed by atoms with Crippen molar-refractivity contribution in [3.63, 3.8) is 0 Å². The highest BCUT2D eigenvalue weighted by molar-refractivity contribution is 7.91. The molecule has 0 aliphatic carbocycles. The Kier molecular flexibility index (Phi) is 2.75. The van der Waals surface area contributed by atoms with E-state index < -0.39 is 15.7 Å². The van der Waals surface area contributed by atoms with Gasteiger partial charge in [-0.1, -0.05) is 30.3 Å². The first-order valence-electron chi connectivity index (χ1n) is 4.59. The van der Waals surface area contributed by atoms with Crippen LogP contribution < -0.4 is 0 Å². The predicted octanol–water partition coefficient (Wildman–Crippen LogP) is 2.46. The van der Waals surface area contributed by atoms with Crippen molar-refractivity contribution >= 4 is 9.84 Å². The molecule has 0 N–H and O–H groups in total. The van der Waals surface area contributed by atoms with E-state index in [1.807, 2.05) is 0 Å². The number of rotatable bonds is 2. The smallest absolute Gasteiger partial charge is 0.210 e. The van der Waals surface area contributed by atoms with Gasteiger partial charge in [-0.15, -0.1) is 0 Å². The molecule has 0 spiro atoms. The van der Waals surface area contributed by atoms with E-state index in [1.54, 1.807) is 12.1 Å². The van der Waals surface area contributed by atoms with Crippen molar-refractivity contribution in [1.29, 1.82) is 0 Å². The molecule has 0 aromatic heterocycles. The highest BCUT2D eigenvalue weighted by Crippen LogP contribution is 2.22. The van der Waals surface area contributed by atoms with Gasteiger partial charge in [0.2, 0.25) is 9.84 Å². The summed E-state index contributed by atoms with van der Waals surface area (Å²) in [6, 6.07) is 14.0. The lowest BCUT2D eigenvalue weighted by molar-refractivity contribution is 0.567. The normalized spacial score (nSPS) is 11.3. The van der Waals surface area contributed by atoms with Crippen LogP contribution in [0.25, 0.3) is 0 Å². The minimum absolute atomic E-state index is 0.0277. The molecule has 0 unspecified atom stereocenters. The average Bonchev–Trinajstić information content (AvgIpc) is 2.30. The molecule has 4 heteroatoms. The van der Waals surface area contributed by atoms with Crippen molar-refractivity contribution < 1.29 is 12.8 Å². The van der Waals surface area contributed by atoms with Crippen LogP contribution in [0.3, 0.4) is 0 Å². The molecule has 2 aromatic rings. The summed E-state index contributed by atoms with van der Waals surface area (Å²) in [5, 5.41) is 0. The van der Waals surface area contributed by atoms with Gasteiger partial charge in [0.15, 0.2) is 0 Å². The largest absolute Gasteiger partial charge is 0.218 e. The van der Waals surface area contributed by atoms with Crippen molar-refractivity contribution in [2.24, 2.45) is 0 Å². The number of benzene rings is 2. The summed E-state index contributed by atoms with van der Waals surface area (Å²) in [5.41, 5.74) is 0. The van der Waals surface area contributed by atoms with Crippen LogP contribution >= 0.6 is 0 Å². The minimum Gasteiger partial charge on any atom is -0.218 e. The van der Waals surface area contributed by atoms with Crippen LogP contribution in [0.5, 0.6) is 0 Å². The van der Waals surface area contributed by atoms with Crippen molar-refractivity contribution in [3.8, 4) is 0 Å². The molecular formula is C12H8FO2S. The van der Waals surface area contributed by atoms with E-state index in [0.717, 1.165) is 6.07 Å². The predicted molar refractivity (Wildman–Crippen MR) is 57.1 cm³/mol. The van der Waals surface area contributed by atoms with Gasteiger partial charge in [-0.25, -0.2) is 12.8 Å². The Labute approximate surface area is 93.3 Å². The highest BCUT2D eigenvalue weighted by Gasteiger charge is 2.20. The van der Waals surface area contributed by atoms with Gasteiger partial charge < -0.3 is 0 Å². The number of hydrogen-bond acceptors (Lipinski definition) is 2. The third-order valence-electron chi connectivity index (χ3n) is 2.10. The van der Waals surface area contributed by atoms with Gasteiger partial charge in [0, 0.05) is 6.07 Å². The lowest BCUT2D eigenvalue weighted by Gasteiger charge is -2.04. The molecule has 0 aliphatic heterocycles. The Morgan fingerprint density at radius 2 is 1.69 bits per heavy atom. The second-order valence-electron chi connectivity index (χ2n) is 3.16. The number of sulfone groups is 1. The molecule has 81 valence electrons. The molecule has 0 saturated heterocycles. The lowest BCUT2D eigenvalue weighted by Crippen LogP contribution is -2.04. The van der Waals surface area contributed by atoms with Crippen LogP contribution in [0.15, 0.2) is 58.3 Å². The molecule has 2 nitrogen and oxygen atoms in total. The molecule has 0 bridgehead atoms. The molecule has 16 heavy (non-hydrogen) atoms. The summed E-state index contributed by atoms with van der Waals surface area (Å²) in [7, 11) is -3.80. The SMILES string of the molecule is O=S(=O)(c1[c]cccc1)c1ccccc1F. The summed E-state index contributed by atoms with van der Waals surface area (Å²) < 4.78 is 37.3. The van der Waals surface area contributed by atoms with Crippen LogP contribution in [0, 0.1) is 11.9 Å². The van der Waals surface area contributed by atoms with Gasteiger partial charge in [-0.3, -0.25) is 0 Å². The Hall–Kier alpha value is -1.68. The van der Waals surface area contributed by atoms with E-state index in [1.165, 1.54) is 30.3 Å². The molecule has 2 rings (SSSR count). The van der Waals surface area contributed by atoms with Gasteiger partial charge in [0.25, 0.3) is 0 Å². The third kappa shape index (κ3) is 1.84. The van der Waals surface area contributed by atoms with Gasteiger partial charge in [0.1, 0.15) is 10.7 Å². The van der Waals surface area contributed by atoms with E-state index in [9.17, 15) is 12.8 Å². The van der Waals surface area contributed by atoms with Crippen LogP contribution in [-0.2, 0) is 9.84 Å². The number of hydrogen-bond donors (Lipinski definition) is 0. The third-order valence-corrected chi connectivity index (χ3v) is 3.84. The van der Waals surface area contributed by atoms with Crippen LogP contribution in [0.4, 0.5) is 4.39 Å². The van der Waals surface area contributed by atoms with E-state index >= 15 is 0 Å². The van der Waals surface area contributed by atoms with Gasteiger partial charge >= 0.3 is 0 Å². The Balaban J connectivity index is 2.62. The maximum absolute atomic E-state index is 13.4. The summed E-state index contributed by atoms with van der Waals surface area (Å²) in [6.07, 6.45) is 0. The van der Waals surface area contributed by atoms with Crippen molar-refractivity contribution in [1.82, 2.24) is 0 Å². The fourth-order valence-corrected chi connectivity index (χ4v) is 2.63. The van der Waals surface area contributed by atoms with E-state index in [0.29, 0.717) is 0 Å². The van der Waals surface area contributed by atoms with E-state index in [-0.39, 0.29) is 9.79 Å². The van der Waals surface area contributed by atoms with Crippen molar-refractivity contribution in [3.05, 3.63) is 60.4 Å². The molecule has 0 aliphatic rings. The second kappa shape index (κ2) is 4.06. The zero-order valence-electron chi connectivity index (χ0n) is 8.22. The summed E-state index contributed by atoms with van der Waals surface area (Å²) >= 11 is 0. The highest BCUT2D eigenvalue weighted by atomic mass is 32.2. The summed E-state index contributed by atoms with van der Waals surface area (Å²) in [5.74, 6) is -0.750. The summed E-state index contributed by atoms with van der Waals surface area (Å²) in [6.45, 7) is 0. The zero-order valence-corrected chi connectivity index (χ0v) is 9.04. The molecule has 0 fully saturated rings. The summed E-state index contributed by atoms with van der Waals surface area (Å²) in [4.78, 5) is -0.349. The van der Waals surface area contributed by atoms with Crippen LogP contribution in [0.1, 0.15) is 0 Å². The Morgan fingerprint density at radius 1 is 1.00 bits per heavy atom. The fraction of sp³-hybridized carbons (Fsp3) is 0. The average molecular weight is 235 g/mol. The first-order valence-corrected chi connectivity index (χ1v) is 6.07. The topological polar surface area (TPSA) is 34.1 Å². The first kappa shape index (κ1) is 10.8. The fourth-order valence-electron chi connectivity index (χ4n) is 1.33. The molecule has 0 saturated carbocycles. The Bertz CT molecular complexity index is 591. The number of halogens is 1. The zero-order chi connectivity index (χ0) is 11.6. The molecule has 0 amide bonds. The van der Waals surface area contributed by atoms with Crippen LogP contribution in [0.2, 0.25) is 0 Å². The molecule has 2 aromatic carbocycles. The second-order valence-corrected chi connectivity index (χ2v) is 5.05. The van der Waals surface area contributed by atoms with Gasteiger partial charge in [0.05, 0.1) is 4.90 Å². The van der Waals surface area contributed by atoms with Gasteiger partial charge in [-0.05, 0) is 18.2 Å². The molecule has 0 atom stereocenters. The van der Waals surface area contributed by atoms with Crippen molar-refractivity contribution in [2.75, 3.05) is 0 Å². The quantitative estimate of drug-likeness (QED) is 0.801. The van der Waals surface area contributed by atoms with Crippen LogP contribution in [-0.4, -0.2) is 8.42 Å². The maximum Gasteiger partial charge on any atom is 0.210 e. The van der Waals surface area contributed by atoms with Crippen molar-refractivity contribution in [2.45, 2.75) is 9.79 Å². The molecule has 1 radical (unpaired) electrons. The minimum atomic E-state index is -3.80. The monoisotopic (exact) mass is 235 g/mol. The van der Waals surface area contributed by atoms with E-state index in [4.69, 9.17) is 0 Å². The van der Waals surface area contributed by atoms with Gasteiger partial charge in [-0.2, -0.15) is 0 Å². The standard InChI is InChI=1S/C12H8FO2S/c13-11-8-4-5-9-12(11)16(14,15)10-6-2-1-3-7-10/h1-6,8-9H. The lowest BCUT2D eigenvalue weighted by atomic mass is 10.3. The maximum atomic E-state index is 13.4. The Morgan fingerprint density at radius 3 is 2.31 bits per heavy atom. The van der Waals surface area contributed by atoms with E-state index in [2.05, 4.69) is 6.07 Å². The molecule has 0 heterocycles. The molecular weight excluding hydrogens is 227 g/mol.